The zero-order valence-electron chi connectivity index (χ0n) is 14.0. The Labute approximate surface area is 134 Å². The number of benzene rings is 2. The van der Waals surface area contributed by atoms with Crippen molar-refractivity contribution < 1.29 is 4.74 Å². The summed E-state index contributed by atoms with van der Waals surface area (Å²) in [6.07, 6.45) is 6.36. The molecule has 0 amide bonds. The molecule has 0 bridgehead atoms. The first-order valence-electron chi connectivity index (χ1n) is 8.71. The molecular weight excluding hydrogens is 270 g/mol. The average molecular weight is 299 g/mol. The molecule has 0 atom stereocenters. The van der Waals surface area contributed by atoms with E-state index in [0.29, 0.717) is 0 Å². The molecule has 2 rings (SSSR count). The summed E-state index contributed by atoms with van der Waals surface area (Å²) in [5, 5.41) is 6.02. The van der Waals surface area contributed by atoms with Gasteiger partial charge < -0.3 is 10.1 Å². The number of nitrogens with one attached hydrogen (secondary N) is 1. The molecule has 0 aromatic heterocycles. The van der Waals surface area contributed by atoms with E-state index in [2.05, 4.69) is 55.6 Å². The second-order valence-corrected chi connectivity index (χ2v) is 5.81. The van der Waals surface area contributed by atoms with Gasteiger partial charge in [0.05, 0.1) is 6.61 Å². The van der Waals surface area contributed by atoms with E-state index in [9.17, 15) is 0 Å². The highest BCUT2D eigenvalue weighted by molar-refractivity contribution is 5.87. The molecule has 120 valence electrons. The molecule has 0 heterocycles. The van der Waals surface area contributed by atoms with Crippen molar-refractivity contribution in [1.29, 1.82) is 0 Å². The number of hydrogen-bond donors (Lipinski definition) is 1. The largest absolute Gasteiger partial charge is 0.493 e. The van der Waals surface area contributed by atoms with Crippen LogP contribution in [-0.2, 0) is 6.54 Å². The summed E-state index contributed by atoms with van der Waals surface area (Å²) in [6.45, 7) is 7.04. The highest BCUT2D eigenvalue weighted by Crippen LogP contribution is 2.28. The van der Waals surface area contributed by atoms with Gasteiger partial charge in [-0.1, -0.05) is 69.9 Å². The van der Waals surface area contributed by atoms with Gasteiger partial charge >= 0.3 is 0 Å². The Morgan fingerprint density at radius 3 is 2.55 bits per heavy atom. The first-order valence-corrected chi connectivity index (χ1v) is 8.71. The SMILES string of the molecule is CCCCCCCOc1ccc2ccccc2c1CNCC. The van der Waals surface area contributed by atoms with Crippen LogP contribution < -0.4 is 10.1 Å². The zero-order chi connectivity index (χ0) is 15.6. The van der Waals surface area contributed by atoms with Crippen molar-refractivity contribution in [3.8, 4) is 5.75 Å². The fraction of sp³-hybridized carbons (Fsp3) is 0.500. The van der Waals surface area contributed by atoms with Crippen molar-refractivity contribution in [1.82, 2.24) is 5.32 Å². The van der Waals surface area contributed by atoms with E-state index in [1.807, 2.05) is 0 Å². The van der Waals surface area contributed by atoms with E-state index >= 15 is 0 Å². The number of hydrogen-bond acceptors (Lipinski definition) is 2. The Morgan fingerprint density at radius 1 is 0.909 bits per heavy atom. The second kappa shape index (κ2) is 9.47. The van der Waals surface area contributed by atoms with Crippen LogP contribution in [0, 0.1) is 0 Å². The van der Waals surface area contributed by atoms with Gasteiger partial charge in [-0.15, -0.1) is 0 Å². The molecule has 0 aliphatic carbocycles. The maximum Gasteiger partial charge on any atom is 0.124 e. The lowest BCUT2D eigenvalue weighted by Crippen LogP contribution is -2.13. The molecule has 0 radical (unpaired) electrons. The molecule has 2 aromatic rings. The third-order valence-electron chi connectivity index (χ3n) is 4.05. The van der Waals surface area contributed by atoms with Crippen LogP contribution in [0.25, 0.3) is 10.8 Å². The number of rotatable bonds is 10. The minimum atomic E-state index is 0.821. The summed E-state index contributed by atoms with van der Waals surface area (Å²) >= 11 is 0. The number of unbranched alkanes of at least 4 members (excludes halogenated alkanes) is 4. The molecule has 0 unspecified atom stereocenters. The predicted molar refractivity (Wildman–Crippen MR) is 95.6 cm³/mol. The van der Waals surface area contributed by atoms with Crippen molar-refractivity contribution in [2.45, 2.75) is 52.5 Å². The van der Waals surface area contributed by atoms with Crippen molar-refractivity contribution in [3.63, 3.8) is 0 Å². The summed E-state index contributed by atoms with van der Waals surface area (Å²) in [5.41, 5.74) is 1.29. The normalized spacial score (nSPS) is 11.0. The molecule has 2 nitrogen and oxygen atoms in total. The maximum absolute atomic E-state index is 6.08. The molecule has 1 N–H and O–H groups in total. The fourth-order valence-electron chi connectivity index (χ4n) is 2.77. The summed E-state index contributed by atoms with van der Waals surface area (Å²) in [7, 11) is 0. The van der Waals surface area contributed by atoms with E-state index in [1.54, 1.807) is 0 Å². The van der Waals surface area contributed by atoms with Crippen LogP contribution in [-0.4, -0.2) is 13.2 Å². The molecule has 0 fully saturated rings. The lowest BCUT2D eigenvalue weighted by atomic mass is 10.0. The van der Waals surface area contributed by atoms with Gasteiger partial charge in [-0.25, -0.2) is 0 Å². The lowest BCUT2D eigenvalue weighted by molar-refractivity contribution is 0.301. The van der Waals surface area contributed by atoms with Crippen molar-refractivity contribution in [3.05, 3.63) is 42.0 Å². The van der Waals surface area contributed by atoms with Crippen LogP contribution >= 0.6 is 0 Å². The van der Waals surface area contributed by atoms with Gasteiger partial charge in [0.2, 0.25) is 0 Å². The summed E-state index contributed by atoms with van der Waals surface area (Å²) in [4.78, 5) is 0. The van der Waals surface area contributed by atoms with Crippen LogP contribution in [0.2, 0.25) is 0 Å². The van der Waals surface area contributed by atoms with Crippen molar-refractivity contribution in [2.75, 3.05) is 13.2 Å². The van der Waals surface area contributed by atoms with Crippen molar-refractivity contribution >= 4 is 10.8 Å². The van der Waals surface area contributed by atoms with Crippen LogP contribution in [0.1, 0.15) is 51.5 Å². The molecule has 0 aliphatic rings. The van der Waals surface area contributed by atoms with Gasteiger partial charge in [0.15, 0.2) is 0 Å². The summed E-state index contributed by atoms with van der Waals surface area (Å²) in [6, 6.07) is 12.8. The highest BCUT2D eigenvalue weighted by Gasteiger charge is 2.08. The Kier molecular flexibility index (Phi) is 7.24. The molecule has 22 heavy (non-hydrogen) atoms. The van der Waals surface area contributed by atoms with Crippen LogP contribution in [0.3, 0.4) is 0 Å². The van der Waals surface area contributed by atoms with Gasteiger partial charge in [-0.3, -0.25) is 0 Å². The monoisotopic (exact) mass is 299 g/mol. The quantitative estimate of drug-likeness (QED) is 0.601. The third kappa shape index (κ3) is 4.74. The highest BCUT2D eigenvalue weighted by atomic mass is 16.5. The second-order valence-electron chi connectivity index (χ2n) is 5.81. The predicted octanol–water partition coefficient (Wildman–Crippen LogP) is 5.30. The van der Waals surface area contributed by atoms with E-state index in [-0.39, 0.29) is 0 Å². The van der Waals surface area contributed by atoms with Crippen LogP contribution in [0.5, 0.6) is 5.75 Å². The Bertz CT molecular complexity index is 565. The molecule has 2 heteroatoms. The molecule has 2 aromatic carbocycles. The topological polar surface area (TPSA) is 21.3 Å². The Hall–Kier alpha value is -1.54. The van der Waals surface area contributed by atoms with Crippen LogP contribution in [0.15, 0.2) is 36.4 Å². The minimum absolute atomic E-state index is 0.821. The van der Waals surface area contributed by atoms with E-state index in [1.165, 1.54) is 42.0 Å². The van der Waals surface area contributed by atoms with E-state index in [0.717, 1.165) is 31.9 Å². The Balaban J connectivity index is 2.04. The molecule has 0 aliphatic heterocycles. The summed E-state index contributed by atoms with van der Waals surface area (Å²) in [5.74, 6) is 1.04. The van der Waals surface area contributed by atoms with E-state index < -0.39 is 0 Å². The number of ether oxygens (including phenoxy) is 1. The van der Waals surface area contributed by atoms with Gasteiger partial charge in [0.25, 0.3) is 0 Å². The molecule has 0 saturated heterocycles. The van der Waals surface area contributed by atoms with Gasteiger partial charge in [-0.2, -0.15) is 0 Å². The first kappa shape index (κ1) is 16.8. The van der Waals surface area contributed by atoms with Gasteiger partial charge in [0.1, 0.15) is 5.75 Å². The van der Waals surface area contributed by atoms with Gasteiger partial charge in [-0.05, 0) is 29.8 Å². The maximum atomic E-state index is 6.08. The van der Waals surface area contributed by atoms with Crippen LogP contribution in [0.4, 0.5) is 0 Å². The lowest BCUT2D eigenvalue weighted by Gasteiger charge is -2.14. The zero-order valence-corrected chi connectivity index (χ0v) is 14.0. The molecule has 0 spiro atoms. The van der Waals surface area contributed by atoms with E-state index in [4.69, 9.17) is 4.74 Å². The smallest absolute Gasteiger partial charge is 0.124 e. The third-order valence-corrected chi connectivity index (χ3v) is 4.05. The minimum Gasteiger partial charge on any atom is -0.493 e. The number of fused-ring (bicyclic) bond motifs is 1. The fourth-order valence-corrected chi connectivity index (χ4v) is 2.77. The standard InChI is InChI=1S/C20H29NO/c1-3-5-6-7-10-15-22-20-14-13-17-11-8-9-12-18(17)19(20)16-21-4-2/h8-9,11-14,21H,3-7,10,15-16H2,1-2H3. The average Bonchev–Trinajstić information content (AvgIpc) is 2.56. The molecule has 0 saturated carbocycles. The Morgan fingerprint density at radius 2 is 1.73 bits per heavy atom. The van der Waals surface area contributed by atoms with Crippen molar-refractivity contribution in [2.24, 2.45) is 0 Å². The first-order chi connectivity index (χ1) is 10.9. The summed E-state index contributed by atoms with van der Waals surface area (Å²) < 4.78 is 6.08. The molecular formula is C20H29NO. The van der Waals surface area contributed by atoms with Gasteiger partial charge in [0, 0.05) is 12.1 Å².